The van der Waals surface area contributed by atoms with Gasteiger partial charge in [0.15, 0.2) is 0 Å². The van der Waals surface area contributed by atoms with Crippen LogP contribution < -0.4 is 11.1 Å². The highest BCUT2D eigenvalue weighted by atomic mass is 35.5. The predicted molar refractivity (Wildman–Crippen MR) is 82.4 cm³/mol. The number of carbonyl (C=O) groups is 3. The third kappa shape index (κ3) is 6.19. The molecule has 0 aliphatic heterocycles. The van der Waals surface area contributed by atoms with E-state index >= 15 is 0 Å². The van der Waals surface area contributed by atoms with Crippen molar-refractivity contribution in [2.24, 2.45) is 11.7 Å². The Kier molecular flexibility index (Phi) is 9.76. The zero-order valence-electron chi connectivity index (χ0n) is 13.0. The Labute approximate surface area is 136 Å². The summed E-state index contributed by atoms with van der Waals surface area (Å²) >= 11 is 0. The summed E-state index contributed by atoms with van der Waals surface area (Å²) in [6, 6.07) is -1.41. The molecular formula is C14H25ClN2O5. The van der Waals surface area contributed by atoms with Crippen LogP contribution in [-0.4, -0.2) is 43.1 Å². The number of hydrogen-bond donors (Lipinski definition) is 2. The largest absolute Gasteiger partial charge is 0.464 e. The maximum Gasteiger partial charge on any atom is 0.340 e. The molecule has 0 aromatic rings. The quantitative estimate of drug-likeness (QED) is 0.519. The number of rotatable bonds is 7. The van der Waals surface area contributed by atoms with E-state index in [1.807, 2.05) is 0 Å². The topological polar surface area (TPSA) is 108 Å². The predicted octanol–water partition coefficient (Wildman–Crippen LogP) is 0.537. The second-order valence-corrected chi connectivity index (χ2v) is 5.06. The SMILES string of the molecule is CCOC(=O)C(NC(=O)C[C@@H]1CCC[C@H]1N)C(=O)OCC.Cl. The molecule has 1 amide bonds. The number of halogens is 1. The molecule has 22 heavy (non-hydrogen) atoms. The fourth-order valence-electron chi connectivity index (χ4n) is 2.44. The van der Waals surface area contributed by atoms with Gasteiger partial charge in [0, 0.05) is 12.5 Å². The van der Waals surface area contributed by atoms with Crippen molar-refractivity contribution in [2.45, 2.75) is 51.6 Å². The van der Waals surface area contributed by atoms with Crippen molar-refractivity contribution in [3.63, 3.8) is 0 Å². The minimum Gasteiger partial charge on any atom is -0.464 e. The number of nitrogens with two attached hydrogens (primary N) is 1. The van der Waals surface area contributed by atoms with Gasteiger partial charge in [0.2, 0.25) is 11.9 Å². The van der Waals surface area contributed by atoms with Crippen molar-refractivity contribution in [3.05, 3.63) is 0 Å². The molecule has 0 aromatic heterocycles. The van der Waals surface area contributed by atoms with Crippen LogP contribution in [0.15, 0.2) is 0 Å². The van der Waals surface area contributed by atoms with Gasteiger partial charge in [0.1, 0.15) is 0 Å². The molecule has 3 N–H and O–H groups in total. The molecule has 1 saturated carbocycles. The van der Waals surface area contributed by atoms with Crippen LogP contribution in [-0.2, 0) is 23.9 Å². The van der Waals surface area contributed by atoms with Crippen molar-refractivity contribution in [1.29, 1.82) is 0 Å². The lowest BCUT2D eigenvalue weighted by atomic mass is 10.00. The highest BCUT2D eigenvalue weighted by molar-refractivity contribution is 6.02. The van der Waals surface area contributed by atoms with Gasteiger partial charge in [-0.1, -0.05) is 6.42 Å². The monoisotopic (exact) mass is 336 g/mol. The lowest BCUT2D eigenvalue weighted by Gasteiger charge is -2.18. The maximum absolute atomic E-state index is 12.0. The van der Waals surface area contributed by atoms with E-state index in [0.717, 1.165) is 19.3 Å². The van der Waals surface area contributed by atoms with Gasteiger partial charge in [0.05, 0.1) is 13.2 Å². The second-order valence-electron chi connectivity index (χ2n) is 5.06. The van der Waals surface area contributed by atoms with Gasteiger partial charge in [-0.05, 0) is 32.6 Å². The number of nitrogens with one attached hydrogen (secondary N) is 1. The van der Waals surface area contributed by atoms with E-state index in [1.165, 1.54) is 0 Å². The van der Waals surface area contributed by atoms with Gasteiger partial charge in [-0.2, -0.15) is 0 Å². The summed E-state index contributed by atoms with van der Waals surface area (Å²) in [5.74, 6) is -1.90. The zero-order valence-corrected chi connectivity index (χ0v) is 13.8. The third-order valence-electron chi connectivity index (χ3n) is 3.52. The van der Waals surface area contributed by atoms with E-state index in [0.29, 0.717) is 0 Å². The van der Waals surface area contributed by atoms with Crippen LogP contribution in [0.4, 0.5) is 0 Å². The molecule has 1 fully saturated rings. The van der Waals surface area contributed by atoms with Crippen LogP contribution in [0.3, 0.4) is 0 Å². The molecule has 0 unspecified atom stereocenters. The highest BCUT2D eigenvalue weighted by Gasteiger charge is 2.33. The first-order valence-electron chi connectivity index (χ1n) is 7.37. The maximum atomic E-state index is 12.0. The van der Waals surface area contributed by atoms with Crippen LogP contribution in [0.1, 0.15) is 39.5 Å². The van der Waals surface area contributed by atoms with E-state index in [1.54, 1.807) is 13.8 Å². The van der Waals surface area contributed by atoms with Gasteiger partial charge in [-0.3, -0.25) is 4.79 Å². The molecule has 0 aromatic carbocycles. The van der Waals surface area contributed by atoms with Gasteiger partial charge in [-0.25, -0.2) is 9.59 Å². The van der Waals surface area contributed by atoms with Crippen molar-refractivity contribution in [1.82, 2.24) is 5.32 Å². The Morgan fingerprint density at radius 1 is 1.14 bits per heavy atom. The van der Waals surface area contributed by atoms with E-state index < -0.39 is 18.0 Å². The molecule has 0 spiro atoms. The van der Waals surface area contributed by atoms with Crippen molar-refractivity contribution < 1.29 is 23.9 Å². The highest BCUT2D eigenvalue weighted by Crippen LogP contribution is 2.26. The standard InChI is InChI=1S/C14H24N2O5.ClH/c1-3-20-13(18)12(14(19)21-4-2)16-11(17)8-9-6-5-7-10(9)15;/h9-10,12H,3-8,15H2,1-2H3,(H,16,17);1H/t9-,10+;/m0./s1. The summed E-state index contributed by atoms with van der Waals surface area (Å²) in [4.78, 5) is 35.5. The average Bonchev–Trinajstić information content (AvgIpc) is 2.82. The molecule has 128 valence electrons. The second kappa shape index (κ2) is 10.4. The molecule has 0 radical (unpaired) electrons. The molecule has 1 aliphatic rings. The molecule has 0 heterocycles. The molecule has 7 nitrogen and oxygen atoms in total. The molecule has 1 rings (SSSR count). The van der Waals surface area contributed by atoms with Gasteiger partial charge < -0.3 is 20.5 Å². The fourth-order valence-corrected chi connectivity index (χ4v) is 2.44. The normalized spacial score (nSPS) is 20.2. The lowest BCUT2D eigenvalue weighted by molar-refractivity contribution is -0.159. The summed E-state index contributed by atoms with van der Waals surface area (Å²) in [6.07, 6.45) is 2.99. The molecule has 2 atom stereocenters. The molecule has 0 saturated heterocycles. The van der Waals surface area contributed by atoms with Gasteiger partial charge in [-0.15, -0.1) is 12.4 Å². The number of amides is 1. The smallest absolute Gasteiger partial charge is 0.340 e. The molecular weight excluding hydrogens is 312 g/mol. The lowest BCUT2D eigenvalue weighted by Crippen LogP contribution is -2.49. The van der Waals surface area contributed by atoms with Crippen LogP contribution in [0, 0.1) is 5.92 Å². The van der Waals surface area contributed by atoms with Crippen LogP contribution >= 0.6 is 12.4 Å². The van der Waals surface area contributed by atoms with Crippen molar-refractivity contribution in [3.8, 4) is 0 Å². The zero-order chi connectivity index (χ0) is 15.8. The summed E-state index contributed by atoms with van der Waals surface area (Å²) in [7, 11) is 0. The van der Waals surface area contributed by atoms with Crippen LogP contribution in [0.5, 0.6) is 0 Å². The van der Waals surface area contributed by atoms with E-state index in [9.17, 15) is 14.4 Å². The van der Waals surface area contributed by atoms with E-state index in [-0.39, 0.29) is 49.9 Å². The Bertz CT molecular complexity index is 373. The average molecular weight is 337 g/mol. The van der Waals surface area contributed by atoms with E-state index in [2.05, 4.69) is 5.32 Å². The first kappa shape index (κ1) is 20.7. The van der Waals surface area contributed by atoms with Crippen LogP contribution in [0.25, 0.3) is 0 Å². The molecule has 0 bridgehead atoms. The van der Waals surface area contributed by atoms with Gasteiger partial charge >= 0.3 is 11.9 Å². The summed E-state index contributed by atoms with van der Waals surface area (Å²) in [5.41, 5.74) is 5.91. The number of esters is 2. The summed E-state index contributed by atoms with van der Waals surface area (Å²) in [5, 5.41) is 2.39. The Balaban J connectivity index is 0.00000441. The van der Waals surface area contributed by atoms with E-state index in [4.69, 9.17) is 15.2 Å². The number of ether oxygens (including phenoxy) is 2. The number of carbonyl (C=O) groups excluding carboxylic acids is 3. The van der Waals surface area contributed by atoms with Gasteiger partial charge in [0.25, 0.3) is 0 Å². The Morgan fingerprint density at radius 2 is 1.68 bits per heavy atom. The fraction of sp³-hybridized carbons (Fsp3) is 0.786. The molecule has 8 heteroatoms. The summed E-state index contributed by atoms with van der Waals surface area (Å²) < 4.78 is 9.57. The third-order valence-corrected chi connectivity index (χ3v) is 3.52. The minimum atomic E-state index is -1.41. The van der Waals surface area contributed by atoms with Crippen molar-refractivity contribution >= 4 is 30.3 Å². The Hall–Kier alpha value is -1.34. The Morgan fingerprint density at radius 3 is 2.09 bits per heavy atom. The minimum absolute atomic E-state index is 0. The van der Waals surface area contributed by atoms with Crippen LogP contribution in [0.2, 0.25) is 0 Å². The first-order chi connectivity index (χ1) is 9.99. The number of hydrogen-bond acceptors (Lipinski definition) is 6. The molecule has 1 aliphatic carbocycles. The van der Waals surface area contributed by atoms with Crippen molar-refractivity contribution in [2.75, 3.05) is 13.2 Å². The first-order valence-corrected chi connectivity index (χ1v) is 7.37. The summed E-state index contributed by atoms with van der Waals surface area (Å²) in [6.45, 7) is 3.50.